The largest absolute Gasteiger partial charge is 0.339 e. The lowest BCUT2D eigenvalue weighted by atomic mass is 10.1. The zero-order valence-corrected chi connectivity index (χ0v) is 19.3. The molecule has 0 amide bonds. The maximum absolute atomic E-state index is 11.8. The number of anilines is 3. The minimum atomic E-state index is -3.30. The zero-order chi connectivity index (χ0) is 22.6. The van der Waals surface area contributed by atoms with Gasteiger partial charge in [0.1, 0.15) is 5.03 Å². The van der Waals surface area contributed by atoms with E-state index < -0.39 is 10.0 Å². The van der Waals surface area contributed by atoms with E-state index in [1.54, 1.807) is 19.1 Å². The van der Waals surface area contributed by atoms with Crippen LogP contribution in [0.3, 0.4) is 0 Å². The van der Waals surface area contributed by atoms with Crippen LogP contribution in [0.1, 0.15) is 12.6 Å². The van der Waals surface area contributed by atoms with Crippen LogP contribution in [0.25, 0.3) is 11.3 Å². The molecule has 2 aromatic heterocycles. The van der Waals surface area contributed by atoms with Gasteiger partial charge in [0.25, 0.3) is 0 Å². The number of hydrogen-bond acceptors (Lipinski definition) is 6. The Bertz CT molecular complexity index is 1300. The van der Waals surface area contributed by atoms with E-state index in [2.05, 4.69) is 20.2 Å². The predicted octanol–water partition coefficient (Wildman–Crippen LogP) is 5.44. The Morgan fingerprint density at radius 2 is 1.72 bits per heavy atom. The van der Waals surface area contributed by atoms with Crippen molar-refractivity contribution in [1.29, 1.82) is 0 Å². The molecule has 32 heavy (non-hydrogen) atoms. The molecule has 0 bridgehead atoms. The molecule has 164 valence electrons. The average molecular weight is 466 g/mol. The fraction of sp³-hybridized carbons (Fsp3) is 0.130. The number of aryl methyl sites for hydroxylation is 1. The number of rotatable bonds is 8. The Kier molecular flexibility index (Phi) is 6.48. The Hall–Kier alpha value is -3.30. The topological polar surface area (TPSA) is 99.8 Å². The predicted molar refractivity (Wildman–Crippen MR) is 130 cm³/mol. The van der Waals surface area contributed by atoms with Gasteiger partial charge in [-0.1, -0.05) is 42.1 Å². The molecule has 0 radical (unpaired) electrons. The third kappa shape index (κ3) is 5.68. The van der Waals surface area contributed by atoms with Crippen LogP contribution in [0.2, 0.25) is 0 Å². The highest BCUT2D eigenvalue weighted by Crippen LogP contribution is 2.32. The molecule has 0 unspecified atom stereocenters. The van der Waals surface area contributed by atoms with Gasteiger partial charge >= 0.3 is 0 Å². The van der Waals surface area contributed by atoms with Gasteiger partial charge in [0.15, 0.2) is 5.82 Å². The Morgan fingerprint density at radius 3 is 2.38 bits per heavy atom. The molecule has 4 rings (SSSR count). The van der Waals surface area contributed by atoms with Crippen molar-refractivity contribution in [2.75, 3.05) is 15.8 Å². The first-order valence-electron chi connectivity index (χ1n) is 10.1. The van der Waals surface area contributed by atoms with Crippen LogP contribution in [0.4, 0.5) is 17.2 Å². The van der Waals surface area contributed by atoms with E-state index in [0.29, 0.717) is 5.69 Å². The van der Waals surface area contributed by atoms with Crippen molar-refractivity contribution >= 4 is 39.0 Å². The molecule has 7 nitrogen and oxygen atoms in total. The van der Waals surface area contributed by atoms with Crippen molar-refractivity contribution in [3.8, 4) is 11.3 Å². The highest BCUT2D eigenvalue weighted by atomic mass is 32.2. The molecule has 2 heterocycles. The minimum absolute atomic E-state index is 0.0327. The summed E-state index contributed by atoms with van der Waals surface area (Å²) in [6.45, 7) is 3.56. The summed E-state index contributed by atoms with van der Waals surface area (Å²) in [6, 6.07) is 23.1. The molecular weight excluding hydrogens is 442 g/mol. The highest BCUT2D eigenvalue weighted by molar-refractivity contribution is 7.99. The summed E-state index contributed by atoms with van der Waals surface area (Å²) in [4.78, 5) is 5.77. The van der Waals surface area contributed by atoms with Crippen LogP contribution in [0, 0.1) is 6.92 Å². The molecule has 0 saturated heterocycles. The van der Waals surface area contributed by atoms with E-state index in [1.165, 1.54) is 11.8 Å². The highest BCUT2D eigenvalue weighted by Gasteiger charge is 2.10. The van der Waals surface area contributed by atoms with Crippen LogP contribution in [-0.2, 0) is 10.0 Å². The minimum Gasteiger partial charge on any atom is -0.339 e. The second kappa shape index (κ2) is 9.46. The van der Waals surface area contributed by atoms with E-state index in [-0.39, 0.29) is 5.75 Å². The lowest BCUT2D eigenvalue weighted by Gasteiger charge is -2.11. The van der Waals surface area contributed by atoms with Gasteiger partial charge < -0.3 is 5.32 Å². The lowest BCUT2D eigenvalue weighted by Crippen LogP contribution is -2.14. The number of hydrogen-bond donors (Lipinski definition) is 3. The summed E-state index contributed by atoms with van der Waals surface area (Å²) in [5, 5.41) is 11.3. The number of aromatic nitrogens is 3. The van der Waals surface area contributed by atoms with Crippen molar-refractivity contribution in [2.45, 2.75) is 23.8 Å². The fourth-order valence-corrected chi connectivity index (χ4v) is 4.46. The van der Waals surface area contributed by atoms with E-state index in [1.807, 2.05) is 67.6 Å². The maximum Gasteiger partial charge on any atom is 0.232 e. The van der Waals surface area contributed by atoms with E-state index in [9.17, 15) is 8.42 Å². The number of nitrogens with zero attached hydrogens (tertiary/aromatic N) is 2. The summed E-state index contributed by atoms with van der Waals surface area (Å²) >= 11 is 1.50. The van der Waals surface area contributed by atoms with Gasteiger partial charge in [0.05, 0.1) is 11.4 Å². The van der Waals surface area contributed by atoms with Crippen LogP contribution in [-0.4, -0.2) is 29.4 Å². The summed E-state index contributed by atoms with van der Waals surface area (Å²) in [5.41, 5.74) is 4.25. The first kappa shape index (κ1) is 21.9. The quantitative estimate of drug-likeness (QED) is 0.321. The third-order valence-electron chi connectivity index (χ3n) is 4.58. The molecule has 0 aliphatic rings. The zero-order valence-electron chi connectivity index (χ0n) is 17.7. The summed E-state index contributed by atoms with van der Waals surface area (Å²) < 4.78 is 26.1. The number of pyridine rings is 1. The van der Waals surface area contributed by atoms with Crippen molar-refractivity contribution in [3.63, 3.8) is 0 Å². The van der Waals surface area contributed by atoms with Crippen LogP contribution < -0.4 is 10.0 Å². The molecule has 0 atom stereocenters. The van der Waals surface area contributed by atoms with Gasteiger partial charge in [-0.25, -0.2) is 13.4 Å². The summed E-state index contributed by atoms with van der Waals surface area (Å²) in [7, 11) is -3.30. The Balaban J connectivity index is 1.61. The van der Waals surface area contributed by atoms with Gasteiger partial charge in [-0.15, -0.1) is 0 Å². The molecule has 0 aliphatic heterocycles. The summed E-state index contributed by atoms with van der Waals surface area (Å²) in [6.07, 6.45) is 0. The van der Waals surface area contributed by atoms with Gasteiger partial charge in [-0.3, -0.25) is 9.82 Å². The smallest absolute Gasteiger partial charge is 0.232 e. The Morgan fingerprint density at radius 1 is 0.969 bits per heavy atom. The standard InChI is InChI=1S/C23H23N5O2S2/c1-3-32(29,30)28-18-9-11-20(12-10-18)31-23-15-19(24-22-13-16(2)26-27-22)14-21(25-23)17-7-5-4-6-8-17/h4-15,28H,3H2,1-2H3,(H2,24,25,26,27). The van der Waals surface area contributed by atoms with Gasteiger partial charge in [0, 0.05) is 33.6 Å². The van der Waals surface area contributed by atoms with E-state index >= 15 is 0 Å². The monoisotopic (exact) mass is 465 g/mol. The molecule has 9 heteroatoms. The molecule has 2 aromatic carbocycles. The normalized spacial score (nSPS) is 11.3. The second-order valence-corrected chi connectivity index (χ2v) is 10.2. The van der Waals surface area contributed by atoms with Crippen molar-refractivity contribution < 1.29 is 8.42 Å². The number of nitrogens with one attached hydrogen (secondary N) is 3. The molecule has 0 spiro atoms. The van der Waals surface area contributed by atoms with Gasteiger partial charge in [0.2, 0.25) is 10.0 Å². The first-order chi connectivity index (χ1) is 15.4. The number of sulfonamides is 1. The summed E-state index contributed by atoms with van der Waals surface area (Å²) in [5.74, 6) is 0.765. The SMILES string of the molecule is CCS(=O)(=O)Nc1ccc(Sc2cc(Nc3cc(C)[nH]n3)cc(-c3ccccc3)n2)cc1. The first-order valence-corrected chi connectivity index (χ1v) is 12.5. The molecule has 0 fully saturated rings. The van der Waals surface area contributed by atoms with E-state index in [4.69, 9.17) is 4.98 Å². The fourth-order valence-electron chi connectivity index (χ4n) is 2.98. The molecular formula is C23H23N5O2S2. The molecule has 0 aliphatic carbocycles. The van der Waals surface area contributed by atoms with Crippen LogP contribution in [0.15, 0.2) is 82.7 Å². The van der Waals surface area contributed by atoms with E-state index in [0.717, 1.165) is 38.4 Å². The number of aromatic amines is 1. The van der Waals surface area contributed by atoms with Crippen molar-refractivity contribution in [3.05, 3.63) is 78.5 Å². The molecule has 0 saturated carbocycles. The maximum atomic E-state index is 11.8. The van der Waals surface area contributed by atoms with Gasteiger partial charge in [-0.05, 0) is 50.2 Å². The molecule has 4 aromatic rings. The average Bonchev–Trinajstić information content (AvgIpc) is 3.20. The number of benzene rings is 2. The van der Waals surface area contributed by atoms with Gasteiger partial charge in [-0.2, -0.15) is 5.10 Å². The number of H-pyrrole nitrogens is 1. The van der Waals surface area contributed by atoms with Crippen LogP contribution in [0.5, 0.6) is 0 Å². The molecule has 3 N–H and O–H groups in total. The Labute approximate surface area is 191 Å². The third-order valence-corrected chi connectivity index (χ3v) is 6.81. The second-order valence-electron chi connectivity index (χ2n) is 7.14. The van der Waals surface area contributed by atoms with Crippen LogP contribution >= 0.6 is 11.8 Å². The van der Waals surface area contributed by atoms with Crippen molar-refractivity contribution in [1.82, 2.24) is 15.2 Å². The lowest BCUT2D eigenvalue weighted by molar-refractivity contribution is 0.602. The van der Waals surface area contributed by atoms with Crippen molar-refractivity contribution in [2.24, 2.45) is 0 Å².